The summed E-state index contributed by atoms with van der Waals surface area (Å²) in [7, 11) is 0. The second-order valence-corrected chi connectivity index (χ2v) is 5.95. The van der Waals surface area contributed by atoms with Gasteiger partial charge in [0.2, 0.25) is 0 Å². The minimum atomic E-state index is -1.76. The third-order valence-corrected chi connectivity index (χ3v) is 4.16. The molecule has 2 aromatic carbocycles. The molecule has 0 atom stereocenters. The molecule has 3 fully saturated rings. The summed E-state index contributed by atoms with van der Waals surface area (Å²) in [6.45, 7) is 2.48. The lowest BCUT2D eigenvalue weighted by Gasteiger charge is -2.58. The quantitative estimate of drug-likeness (QED) is 0.730. The first-order valence-electron chi connectivity index (χ1n) is 6.74. The Labute approximate surface area is 112 Å². The summed E-state index contributed by atoms with van der Waals surface area (Å²) in [5.41, 5.74) is 1.04. The van der Waals surface area contributed by atoms with Gasteiger partial charge in [0.05, 0.1) is 0 Å². The molecule has 4 heteroatoms. The first-order valence-corrected chi connectivity index (χ1v) is 6.74. The van der Waals surface area contributed by atoms with Crippen molar-refractivity contribution in [2.75, 3.05) is 19.8 Å². The van der Waals surface area contributed by atoms with Gasteiger partial charge in [-0.1, -0.05) is 49.4 Å². The van der Waals surface area contributed by atoms with Gasteiger partial charge in [0.25, 0.3) is 0 Å². The molecular formula is C15H16BO3-. The van der Waals surface area contributed by atoms with Crippen molar-refractivity contribution in [3.63, 3.8) is 0 Å². The van der Waals surface area contributed by atoms with E-state index in [2.05, 4.69) is 31.2 Å². The van der Waals surface area contributed by atoms with Crippen LogP contribution in [0.5, 0.6) is 0 Å². The predicted molar refractivity (Wildman–Crippen MR) is 75.3 cm³/mol. The number of rotatable bonds is 1. The molecular weight excluding hydrogens is 239 g/mol. The van der Waals surface area contributed by atoms with E-state index in [1.54, 1.807) is 0 Å². The molecule has 19 heavy (non-hydrogen) atoms. The zero-order chi connectivity index (χ0) is 12.9. The molecule has 3 aliphatic rings. The van der Waals surface area contributed by atoms with Crippen LogP contribution in [0, 0.1) is 5.41 Å². The van der Waals surface area contributed by atoms with Crippen LogP contribution >= 0.6 is 0 Å². The molecule has 0 unspecified atom stereocenters. The Morgan fingerprint density at radius 3 is 2.26 bits per heavy atom. The van der Waals surface area contributed by atoms with E-state index in [1.807, 2.05) is 18.2 Å². The topological polar surface area (TPSA) is 27.7 Å². The highest BCUT2D eigenvalue weighted by molar-refractivity contribution is 6.78. The van der Waals surface area contributed by atoms with E-state index in [0.717, 1.165) is 10.8 Å². The van der Waals surface area contributed by atoms with Crippen LogP contribution in [0.25, 0.3) is 10.8 Å². The molecule has 0 spiro atoms. The molecule has 3 saturated heterocycles. The highest BCUT2D eigenvalue weighted by Gasteiger charge is 2.47. The zero-order valence-electron chi connectivity index (χ0n) is 11.0. The number of hydrogen-bond donors (Lipinski definition) is 0. The molecule has 0 N–H and O–H groups in total. The van der Waals surface area contributed by atoms with E-state index < -0.39 is 6.75 Å². The molecule has 3 nitrogen and oxygen atoms in total. The van der Waals surface area contributed by atoms with Crippen molar-refractivity contribution in [3.05, 3.63) is 42.5 Å². The van der Waals surface area contributed by atoms with E-state index in [-0.39, 0.29) is 5.41 Å². The molecule has 98 valence electrons. The zero-order valence-corrected chi connectivity index (χ0v) is 11.0. The van der Waals surface area contributed by atoms with Crippen molar-refractivity contribution in [2.45, 2.75) is 6.92 Å². The highest BCUT2D eigenvalue weighted by atomic mass is 16.8. The van der Waals surface area contributed by atoms with Crippen LogP contribution in [-0.2, 0) is 14.0 Å². The van der Waals surface area contributed by atoms with Crippen molar-refractivity contribution in [1.29, 1.82) is 0 Å². The fraction of sp³-hybridized carbons (Fsp3) is 0.333. The normalized spacial score (nSPS) is 33.7. The van der Waals surface area contributed by atoms with Crippen LogP contribution in [0.15, 0.2) is 42.5 Å². The summed E-state index contributed by atoms with van der Waals surface area (Å²) in [4.78, 5) is 0. The second-order valence-electron chi connectivity index (χ2n) is 5.95. The standard InChI is InChI=1S/C15H16BO3/c1-15-9-17-16(18-10-15,19-11-15)14-8-4-6-12-5-2-3-7-13(12)14/h2-8H,9-11H2,1H3/q-1. The van der Waals surface area contributed by atoms with Gasteiger partial charge in [-0.25, -0.2) is 0 Å². The van der Waals surface area contributed by atoms with Gasteiger partial charge < -0.3 is 14.0 Å². The van der Waals surface area contributed by atoms with E-state index in [9.17, 15) is 0 Å². The first-order chi connectivity index (χ1) is 9.21. The average molecular weight is 255 g/mol. The molecule has 0 amide bonds. The van der Waals surface area contributed by atoms with Gasteiger partial charge in [-0.15, -0.1) is 5.46 Å². The Hall–Kier alpha value is -1.36. The monoisotopic (exact) mass is 255 g/mol. The largest absolute Gasteiger partial charge is 0.540 e. The fourth-order valence-electron chi connectivity index (χ4n) is 3.03. The van der Waals surface area contributed by atoms with Crippen molar-refractivity contribution in [2.24, 2.45) is 5.41 Å². The molecule has 2 aromatic rings. The Balaban J connectivity index is 1.87. The molecule has 0 aliphatic carbocycles. The third kappa shape index (κ3) is 1.64. The molecule has 0 aromatic heterocycles. The van der Waals surface area contributed by atoms with Crippen LogP contribution in [0.4, 0.5) is 0 Å². The lowest BCUT2D eigenvalue weighted by Crippen LogP contribution is -2.68. The maximum absolute atomic E-state index is 5.98. The summed E-state index contributed by atoms with van der Waals surface area (Å²) in [6.07, 6.45) is 0. The number of hydrogen-bond acceptors (Lipinski definition) is 3. The Morgan fingerprint density at radius 2 is 1.53 bits per heavy atom. The minimum Gasteiger partial charge on any atom is -0.540 e. The van der Waals surface area contributed by atoms with Gasteiger partial charge in [-0.2, -0.15) is 0 Å². The Morgan fingerprint density at radius 1 is 0.895 bits per heavy atom. The van der Waals surface area contributed by atoms with E-state index >= 15 is 0 Å². The SMILES string of the molecule is CC12CO[B-](c3cccc4ccccc34)(OC1)OC2. The Bertz CT molecular complexity index is 610. The van der Waals surface area contributed by atoms with Gasteiger partial charge in [-0.3, -0.25) is 0 Å². The number of benzene rings is 2. The molecule has 0 saturated carbocycles. The van der Waals surface area contributed by atoms with Crippen molar-refractivity contribution >= 4 is 23.0 Å². The van der Waals surface area contributed by atoms with Gasteiger partial charge in [0.1, 0.15) is 0 Å². The van der Waals surface area contributed by atoms with Crippen molar-refractivity contribution in [1.82, 2.24) is 0 Å². The Kier molecular flexibility index (Phi) is 2.31. The highest BCUT2D eigenvalue weighted by Crippen LogP contribution is 2.35. The van der Waals surface area contributed by atoms with Gasteiger partial charge >= 0.3 is 6.75 Å². The summed E-state index contributed by atoms with van der Waals surface area (Å²) >= 11 is 0. The number of fused-ring (bicyclic) bond motifs is 4. The molecule has 2 bridgehead atoms. The van der Waals surface area contributed by atoms with Crippen molar-refractivity contribution in [3.8, 4) is 0 Å². The summed E-state index contributed by atoms with van der Waals surface area (Å²) in [5, 5.41) is 2.33. The van der Waals surface area contributed by atoms with Crippen LogP contribution in [0.1, 0.15) is 6.92 Å². The lowest BCUT2D eigenvalue weighted by molar-refractivity contribution is -0.119. The van der Waals surface area contributed by atoms with Crippen LogP contribution < -0.4 is 5.46 Å². The van der Waals surface area contributed by atoms with Crippen molar-refractivity contribution < 1.29 is 14.0 Å². The predicted octanol–water partition coefficient (Wildman–Crippen LogP) is 2.07. The van der Waals surface area contributed by atoms with E-state index in [4.69, 9.17) is 14.0 Å². The molecule has 3 aliphatic heterocycles. The lowest BCUT2D eigenvalue weighted by atomic mass is 9.63. The average Bonchev–Trinajstić information content (AvgIpc) is 2.48. The van der Waals surface area contributed by atoms with Crippen LogP contribution in [0.3, 0.4) is 0 Å². The van der Waals surface area contributed by atoms with Gasteiger partial charge in [-0.05, 0) is 10.8 Å². The second kappa shape index (κ2) is 3.82. The smallest absolute Gasteiger partial charge is 0.410 e. The maximum Gasteiger partial charge on any atom is 0.410 e. The van der Waals surface area contributed by atoms with E-state index in [1.165, 1.54) is 5.39 Å². The fourth-order valence-corrected chi connectivity index (χ4v) is 3.03. The van der Waals surface area contributed by atoms with Gasteiger partial charge in [0, 0.05) is 25.2 Å². The van der Waals surface area contributed by atoms with Gasteiger partial charge in [0.15, 0.2) is 0 Å². The molecule has 3 heterocycles. The summed E-state index contributed by atoms with van der Waals surface area (Å²) < 4.78 is 17.9. The van der Waals surface area contributed by atoms with Crippen LogP contribution in [0.2, 0.25) is 0 Å². The molecule has 5 rings (SSSR count). The third-order valence-electron chi connectivity index (χ3n) is 4.16. The summed E-state index contributed by atoms with van der Waals surface area (Å²) in [6, 6.07) is 14.5. The van der Waals surface area contributed by atoms with Crippen LogP contribution in [-0.4, -0.2) is 26.6 Å². The maximum atomic E-state index is 5.98. The summed E-state index contributed by atoms with van der Waals surface area (Å²) in [5.74, 6) is 0. The first kappa shape index (κ1) is 11.5. The molecule has 0 radical (unpaired) electrons. The minimum absolute atomic E-state index is 0.00802. The van der Waals surface area contributed by atoms with E-state index in [0.29, 0.717) is 19.8 Å².